The zero-order chi connectivity index (χ0) is 19.3. The molecule has 0 radical (unpaired) electrons. The largest absolute Gasteiger partial charge is 0.388 e. The summed E-state index contributed by atoms with van der Waals surface area (Å²) in [7, 11) is 0. The first kappa shape index (κ1) is 21.7. The second kappa shape index (κ2) is 12.7. The number of aliphatic hydroxyl groups excluding tert-OH is 1. The number of hydrogen-bond donors (Lipinski definition) is 1. The predicted molar refractivity (Wildman–Crippen MR) is 117 cm³/mol. The summed E-state index contributed by atoms with van der Waals surface area (Å²) in [5.74, 6) is 1.43. The lowest BCUT2D eigenvalue weighted by Crippen LogP contribution is -2.02. The van der Waals surface area contributed by atoms with Gasteiger partial charge in [0.05, 0.1) is 6.10 Å². The van der Waals surface area contributed by atoms with Gasteiger partial charge in [-0.25, -0.2) is 0 Å². The summed E-state index contributed by atoms with van der Waals surface area (Å²) in [5.41, 5.74) is 2.55. The third kappa shape index (κ3) is 8.30. The van der Waals surface area contributed by atoms with Crippen LogP contribution in [-0.2, 0) is 0 Å². The lowest BCUT2D eigenvalue weighted by atomic mass is 9.90. The van der Waals surface area contributed by atoms with E-state index in [1.54, 1.807) is 0 Å². The second-order valence-electron chi connectivity index (χ2n) is 8.12. The summed E-state index contributed by atoms with van der Waals surface area (Å²) in [6.07, 6.45) is 10.9. The molecule has 1 heteroatoms. The lowest BCUT2D eigenvalue weighted by Gasteiger charge is -2.16. The molecule has 0 saturated heterocycles. The van der Waals surface area contributed by atoms with Crippen molar-refractivity contribution in [1.29, 1.82) is 0 Å². The Morgan fingerprint density at radius 2 is 1.22 bits per heavy atom. The highest BCUT2D eigenvalue weighted by atomic mass is 16.3. The molecule has 1 nitrogen and oxygen atoms in total. The molecule has 0 fully saturated rings. The van der Waals surface area contributed by atoms with Gasteiger partial charge in [0.25, 0.3) is 0 Å². The fourth-order valence-corrected chi connectivity index (χ4v) is 4.00. The van der Waals surface area contributed by atoms with Crippen molar-refractivity contribution in [3.05, 3.63) is 71.8 Å². The molecule has 3 atom stereocenters. The van der Waals surface area contributed by atoms with Crippen LogP contribution in [0.1, 0.15) is 94.8 Å². The molecule has 0 aliphatic heterocycles. The first-order chi connectivity index (χ1) is 13.2. The van der Waals surface area contributed by atoms with E-state index >= 15 is 0 Å². The van der Waals surface area contributed by atoms with Crippen molar-refractivity contribution < 1.29 is 5.11 Å². The van der Waals surface area contributed by atoms with E-state index in [0.29, 0.717) is 5.92 Å². The Kier molecular flexibility index (Phi) is 10.2. The average Bonchev–Trinajstić information content (AvgIpc) is 2.72. The Morgan fingerprint density at radius 3 is 1.81 bits per heavy atom. The fraction of sp³-hybridized carbons (Fsp3) is 0.538. The molecule has 2 rings (SSSR count). The van der Waals surface area contributed by atoms with Crippen LogP contribution in [0.15, 0.2) is 60.7 Å². The van der Waals surface area contributed by atoms with Gasteiger partial charge in [0.15, 0.2) is 0 Å². The van der Waals surface area contributed by atoms with Crippen LogP contribution in [0, 0.1) is 5.92 Å². The number of rotatable bonds is 13. The number of unbranched alkanes of at least 4 members (excludes halogenated alkanes) is 3. The van der Waals surface area contributed by atoms with Crippen molar-refractivity contribution in [3.63, 3.8) is 0 Å². The normalized spacial score (nSPS) is 14.6. The van der Waals surface area contributed by atoms with Crippen LogP contribution >= 0.6 is 0 Å². The van der Waals surface area contributed by atoms with Crippen LogP contribution < -0.4 is 0 Å². The molecule has 0 aromatic heterocycles. The fourth-order valence-electron chi connectivity index (χ4n) is 4.00. The van der Waals surface area contributed by atoms with Crippen molar-refractivity contribution in [2.45, 2.75) is 83.7 Å². The first-order valence-electron chi connectivity index (χ1n) is 11.0. The van der Waals surface area contributed by atoms with Gasteiger partial charge in [-0.1, -0.05) is 107 Å². The van der Waals surface area contributed by atoms with E-state index in [0.717, 1.165) is 24.3 Å². The van der Waals surface area contributed by atoms with E-state index < -0.39 is 0 Å². The summed E-state index contributed by atoms with van der Waals surface area (Å²) >= 11 is 0. The van der Waals surface area contributed by atoms with E-state index in [1.165, 1.54) is 50.5 Å². The van der Waals surface area contributed by atoms with E-state index in [1.807, 2.05) is 30.3 Å². The molecule has 0 amide bonds. The van der Waals surface area contributed by atoms with Gasteiger partial charge in [0, 0.05) is 0 Å². The molecule has 0 aliphatic carbocycles. The zero-order valence-corrected chi connectivity index (χ0v) is 17.3. The van der Waals surface area contributed by atoms with Gasteiger partial charge in [-0.05, 0) is 48.6 Å². The van der Waals surface area contributed by atoms with E-state index in [2.05, 4.69) is 44.2 Å². The highest BCUT2D eigenvalue weighted by Gasteiger charge is 2.10. The molecule has 2 aromatic rings. The average molecular weight is 367 g/mol. The predicted octanol–water partition coefficient (Wildman–Crippen LogP) is 7.67. The van der Waals surface area contributed by atoms with Gasteiger partial charge in [-0.15, -0.1) is 0 Å². The molecule has 0 spiro atoms. The SMILES string of the molecule is CCC(CCCCCCC(C)CCC(O)c1ccccc1)c1ccccc1. The molecule has 148 valence electrons. The molecule has 27 heavy (non-hydrogen) atoms. The van der Waals surface area contributed by atoms with Gasteiger partial charge in [-0.2, -0.15) is 0 Å². The van der Waals surface area contributed by atoms with E-state index in [-0.39, 0.29) is 6.10 Å². The Bertz CT molecular complexity index is 592. The van der Waals surface area contributed by atoms with Crippen LogP contribution in [0.2, 0.25) is 0 Å². The summed E-state index contributed by atoms with van der Waals surface area (Å²) in [4.78, 5) is 0. The lowest BCUT2D eigenvalue weighted by molar-refractivity contribution is 0.157. The van der Waals surface area contributed by atoms with Crippen LogP contribution in [-0.4, -0.2) is 5.11 Å². The third-order valence-electron chi connectivity index (χ3n) is 5.88. The van der Waals surface area contributed by atoms with Crippen LogP contribution in [0.5, 0.6) is 0 Å². The Hall–Kier alpha value is -1.60. The minimum Gasteiger partial charge on any atom is -0.388 e. The van der Waals surface area contributed by atoms with Gasteiger partial charge < -0.3 is 5.11 Å². The molecular formula is C26H38O. The molecule has 0 aliphatic rings. The van der Waals surface area contributed by atoms with Crippen molar-refractivity contribution in [2.24, 2.45) is 5.92 Å². The summed E-state index contributed by atoms with van der Waals surface area (Å²) in [6.45, 7) is 4.64. The smallest absolute Gasteiger partial charge is 0.0790 e. The molecule has 1 N–H and O–H groups in total. The Labute approximate surface area is 166 Å². The Morgan fingerprint density at radius 1 is 0.667 bits per heavy atom. The van der Waals surface area contributed by atoms with Crippen LogP contribution in [0.4, 0.5) is 0 Å². The second-order valence-corrected chi connectivity index (χ2v) is 8.12. The number of benzene rings is 2. The zero-order valence-electron chi connectivity index (χ0n) is 17.3. The van der Waals surface area contributed by atoms with Crippen molar-refractivity contribution >= 4 is 0 Å². The highest BCUT2D eigenvalue weighted by Crippen LogP contribution is 2.26. The maximum absolute atomic E-state index is 10.3. The van der Waals surface area contributed by atoms with Crippen molar-refractivity contribution in [1.82, 2.24) is 0 Å². The number of hydrogen-bond acceptors (Lipinski definition) is 1. The van der Waals surface area contributed by atoms with E-state index in [4.69, 9.17) is 0 Å². The third-order valence-corrected chi connectivity index (χ3v) is 5.88. The van der Waals surface area contributed by atoms with Gasteiger partial charge in [0.1, 0.15) is 0 Å². The summed E-state index contributed by atoms with van der Waals surface area (Å²) < 4.78 is 0. The molecule has 3 unspecified atom stereocenters. The molecule has 0 heterocycles. The minimum absolute atomic E-state index is 0.308. The standard InChI is InChI=1S/C26H38O/c1-3-23(24-16-10-6-11-17-24)15-9-5-4-8-14-22(2)20-21-26(27)25-18-12-7-13-19-25/h6-7,10-13,16-19,22-23,26-27H,3-5,8-9,14-15,20-21H2,1-2H3. The van der Waals surface area contributed by atoms with Crippen molar-refractivity contribution in [3.8, 4) is 0 Å². The van der Waals surface area contributed by atoms with Gasteiger partial charge in [0.2, 0.25) is 0 Å². The van der Waals surface area contributed by atoms with Gasteiger partial charge >= 0.3 is 0 Å². The molecular weight excluding hydrogens is 328 g/mol. The summed E-state index contributed by atoms with van der Waals surface area (Å²) in [6, 6.07) is 21.0. The van der Waals surface area contributed by atoms with Crippen LogP contribution in [0.25, 0.3) is 0 Å². The monoisotopic (exact) mass is 366 g/mol. The maximum atomic E-state index is 10.3. The topological polar surface area (TPSA) is 20.2 Å². The maximum Gasteiger partial charge on any atom is 0.0790 e. The Balaban J connectivity index is 1.53. The molecule has 0 saturated carbocycles. The highest BCUT2D eigenvalue weighted by molar-refractivity contribution is 5.19. The molecule has 0 bridgehead atoms. The first-order valence-corrected chi connectivity index (χ1v) is 11.0. The number of aliphatic hydroxyl groups is 1. The van der Waals surface area contributed by atoms with E-state index in [9.17, 15) is 5.11 Å². The minimum atomic E-state index is -0.308. The molecule has 2 aromatic carbocycles. The van der Waals surface area contributed by atoms with Crippen LogP contribution in [0.3, 0.4) is 0 Å². The quantitative estimate of drug-likeness (QED) is 0.361. The van der Waals surface area contributed by atoms with Crippen molar-refractivity contribution in [2.75, 3.05) is 0 Å². The summed E-state index contributed by atoms with van der Waals surface area (Å²) in [5, 5.41) is 10.3. The van der Waals surface area contributed by atoms with Gasteiger partial charge in [-0.3, -0.25) is 0 Å².